The molecule has 0 unspecified atom stereocenters. The van der Waals surface area contributed by atoms with Gasteiger partial charge in [0.05, 0.1) is 6.54 Å². The van der Waals surface area contributed by atoms with E-state index in [-0.39, 0.29) is 23.1 Å². The van der Waals surface area contributed by atoms with Crippen LogP contribution in [0.1, 0.15) is 13.8 Å². The van der Waals surface area contributed by atoms with E-state index in [1.807, 2.05) is 12.1 Å². The van der Waals surface area contributed by atoms with Crippen LogP contribution in [0.25, 0.3) is 0 Å². The van der Waals surface area contributed by atoms with E-state index in [1.54, 1.807) is 18.8 Å². The number of halogens is 2. The van der Waals surface area contributed by atoms with Crippen LogP contribution < -0.4 is 10.6 Å². The lowest BCUT2D eigenvalue weighted by atomic mass is 10.2. The molecule has 108 valence electrons. The van der Waals surface area contributed by atoms with Crippen LogP contribution in [-0.2, 0) is 4.79 Å². The summed E-state index contributed by atoms with van der Waals surface area (Å²) in [6.07, 6.45) is 0. The van der Waals surface area contributed by atoms with Crippen molar-refractivity contribution in [2.45, 2.75) is 23.5 Å². The van der Waals surface area contributed by atoms with Gasteiger partial charge in [-0.05, 0) is 45.2 Å². The van der Waals surface area contributed by atoms with Crippen molar-refractivity contribution in [1.82, 2.24) is 10.6 Å². The van der Waals surface area contributed by atoms with E-state index in [1.165, 1.54) is 4.90 Å². The van der Waals surface area contributed by atoms with E-state index >= 15 is 0 Å². The van der Waals surface area contributed by atoms with Gasteiger partial charge >= 0.3 is 0 Å². The second-order valence-electron chi connectivity index (χ2n) is 4.62. The Morgan fingerprint density at radius 1 is 1.32 bits per heavy atom. The monoisotopic (exact) mass is 366 g/mol. The van der Waals surface area contributed by atoms with Gasteiger partial charge in [-0.1, -0.05) is 15.9 Å². The number of carbonyl (C=O) groups excluding carboxylic acids is 1. The van der Waals surface area contributed by atoms with E-state index in [0.717, 1.165) is 4.47 Å². The predicted molar refractivity (Wildman–Crippen MR) is 88.3 cm³/mol. The summed E-state index contributed by atoms with van der Waals surface area (Å²) in [5, 5.41) is 5.76. The van der Waals surface area contributed by atoms with Gasteiger partial charge in [0, 0.05) is 20.7 Å². The summed E-state index contributed by atoms with van der Waals surface area (Å²) < 4.78 is 1.05. The van der Waals surface area contributed by atoms with Crippen molar-refractivity contribution in [2.75, 3.05) is 20.1 Å². The molecule has 0 radical (unpaired) electrons. The second-order valence-corrected chi connectivity index (χ2v) is 7.32. The number of carbonyl (C=O) groups is 1. The van der Waals surface area contributed by atoms with Gasteiger partial charge < -0.3 is 10.6 Å². The predicted octanol–water partition coefficient (Wildman–Crippen LogP) is 3.08. The molecule has 0 aliphatic carbocycles. The number of hydrogen-bond acceptors (Lipinski definition) is 3. The van der Waals surface area contributed by atoms with Crippen LogP contribution in [0.15, 0.2) is 33.6 Å². The SMILES string of the molecule is CNCC(=O)NCC(C)(C)Sc1ccc(Br)cc1.Cl. The minimum atomic E-state index is -0.0305. The molecule has 0 atom stereocenters. The van der Waals surface area contributed by atoms with Gasteiger partial charge in [0.25, 0.3) is 0 Å². The molecule has 2 N–H and O–H groups in total. The van der Waals surface area contributed by atoms with Crippen molar-refractivity contribution in [3.8, 4) is 0 Å². The quantitative estimate of drug-likeness (QED) is 0.759. The number of rotatable bonds is 6. The Bertz CT molecular complexity index is 398. The lowest BCUT2D eigenvalue weighted by Crippen LogP contribution is -2.39. The maximum Gasteiger partial charge on any atom is 0.233 e. The third-order valence-corrected chi connectivity index (χ3v) is 3.99. The van der Waals surface area contributed by atoms with Crippen molar-refractivity contribution in [2.24, 2.45) is 0 Å². The summed E-state index contributed by atoms with van der Waals surface area (Å²) >= 11 is 5.18. The van der Waals surface area contributed by atoms with Gasteiger partial charge in [0.1, 0.15) is 0 Å². The van der Waals surface area contributed by atoms with Crippen LogP contribution in [0.4, 0.5) is 0 Å². The number of thioether (sulfide) groups is 1. The highest BCUT2D eigenvalue weighted by Crippen LogP contribution is 2.32. The van der Waals surface area contributed by atoms with Gasteiger partial charge in [-0.3, -0.25) is 4.79 Å². The summed E-state index contributed by atoms with van der Waals surface area (Å²) in [6, 6.07) is 8.20. The fraction of sp³-hybridized carbons (Fsp3) is 0.462. The zero-order chi connectivity index (χ0) is 13.6. The molecule has 19 heavy (non-hydrogen) atoms. The van der Waals surface area contributed by atoms with Crippen molar-refractivity contribution in [3.05, 3.63) is 28.7 Å². The third-order valence-electron chi connectivity index (χ3n) is 2.26. The molecule has 3 nitrogen and oxygen atoms in total. The molecule has 0 heterocycles. The topological polar surface area (TPSA) is 41.1 Å². The molecule has 0 aliphatic heterocycles. The smallest absolute Gasteiger partial charge is 0.233 e. The molecule has 0 saturated carbocycles. The summed E-state index contributed by atoms with van der Waals surface area (Å²) in [4.78, 5) is 12.6. The van der Waals surface area contributed by atoms with E-state index in [2.05, 4.69) is 52.5 Å². The van der Waals surface area contributed by atoms with Crippen molar-refractivity contribution < 1.29 is 4.79 Å². The lowest BCUT2D eigenvalue weighted by Gasteiger charge is -2.24. The van der Waals surface area contributed by atoms with Crippen molar-refractivity contribution in [3.63, 3.8) is 0 Å². The molecule has 0 aromatic heterocycles. The highest BCUT2D eigenvalue weighted by Gasteiger charge is 2.20. The summed E-state index contributed by atoms with van der Waals surface area (Å²) in [7, 11) is 1.77. The molecule has 1 aromatic carbocycles. The molecular weight excluding hydrogens is 348 g/mol. The number of nitrogens with one attached hydrogen (secondary N) is 2. The number of amides is 1. The first-order chi connectivity index (χ1) is 8.43. The van der Waals surface area contributed by atoms with Gasteiger partial charge in [-0.15, -0.1) is 24.2 Å². The highest BCUT2D eigenvalue weighted by molar-refractivity contribution is 9.10. The third kappa shape index (κ3) is 7.82. The van der Waals surface area contributed by atoms with E-state index < -0.39 is 0 Å². The Kier molecular flexibility index (Phi) is 8.74. The molecule has 1 rings (SSSR count). The average molecular weight is 368 g/mol. The number of likely N-dealkylation sites (N-methyl/N-ethyl adjacent to an activating group) is 1. The van der Waals surface area contributed by atoms with E-state index in [0.29, 0.717) is 13.1 Å². The number of benzene rings is 1. The fourth-order valence-corrected chi connectivity index (χ4v) is 2.71. The standard InChI is InChI=1S/C13H19BrN2OS.ClH/c1-13(2,9-16-12(17)8-15-3)18-11-6-4-10(14)5-7-11;/h4-7,15H,8-9H2,1-3H3,(H,16,17);1H. The molecule has 0 bridgehead atoms. The van der Waals surface area contributed by atoms with Crippen molar-refractivity contribution >= 4 is 46.0 Å². The first kappa shape index (κ1) is 18.8. The van der Waals surface area contributed by atoms with Crippen LogP contribution in [0.2, 0.25) is 0 Å². The lowest BCUT2D eigenvalue weighted by molar-refractivity contribution is -0.120. The molecule has 0 saturated heterocycles. The van der Waals surface area contributed by atoms with Gasteiger partial charge in [0.15, 0.2) is 0 Å². The molecular formula is C13H20BrClN2OS. The second kappa shape index (κ2) is 8.84. The van der Waals surface area contributed by atoms with Crippen LogP contribution in [0, 0.1) is 0 Å². The molecule has 6 heteroatoms. The molecule has 0 fully saturated rings. The average Bonchev–Trinajstić information content (AvgIpc) is 2.30. The minimum absolute atomic E-state index is 0. The van der Waals surface area contributed by atoms with E-state index in [9.17, 15) is 4.79 Å². The Morgan fingerprint density at radius 2 is 1.89 bits per heavy atom. The zero-order valence-corrected chi connectivity index (χ0v) is 14.5. The Hall–Kier alpha value is -0.230. The summed E-state index contributed by atoms with van der Waals surface area (Å²) in [6.45, 7) is 5.26. The number of hydrogen-bond donors (Lipinski definition) is 2. The molecule has 0 aliphatic rings. The Morgan fingerprint density at radius 3 is 2.42 bits per heavy atom. The van der Waals surface area contributed by atoms with Gasteiger partial charge in [0.2, 0.25) is 5.91 Å². The maximum absolute atomic E-state index is 11.4. The maximum atomic E-state index is 11.4. The summed E-state index contributed by atoms with van der Waals surface area (Å²) in [5.41, 5.74) is 0. The largest absolute Gasteiger partial charge is 0.354 e. The normalized spacial score (nSPS) is 10.7. The van der Waals surface area contributed by atoms with Crippen LogP contribution in [-0.4, -0.2) is 30.8 Å². The molecule has 1 aromatic rings. The van der Waals surface area contributed by atoms with Gasteiger partial charge in [-0.2, -0.15) is 0 Å². The summed E-state index contributed by atoms with van der Waals surface area (Å²) in [5.74, 6) is 0.0296. The minimum Gasteiger partial charge on any atom is -0.354 e. The molecule has 1 amide bonds. The highest BCUT2D eigenvalue weighted by atomic mass is 79.9. The Labute approximate surface area is 133 Å². The van der Waals surface area contributed by atoms with Crippen LogP contribution in [0.5, 0.6) is 0 Å². The van der Waals surface area contributed by atoms with Crippen molar-refractivity contribution in [1.29, 1.82) is 0 Å². The molecule has 0 spiro atoms. The first-order valence-electron chi connectivity index (χ1n) is 5.79. The van der Waals surface area contributed by atoms with Crippen LogP contribution >= 0.6 is 40.1 Å². The van der Waals surface area contributed by atoms with Gasteiger partial charge in [-0.25, -0.2) is 0 Å². The Balaban J connectivity index is 0.00000324. The first-order valence-corrected chi connectivity index (χ1v) is 7.40. The van der Waals surface area contributed by atoms with Crippen LogP contribution in [0.3, 0.4) is 0 Å². The zero-order valence-electron chi connectivity index (χ0n) is 11.3. The fourth-order valence-electron chi connectivity index (χ4n) is 1.39. The van der Waals surface area contributed by atoms with E-state index in [4.69, 9.17) is 0 Å².